The van der Waals surface area contributed by atoms with Gasteiger partial charge in [0.25, 0.3) is 0 Å². The lowest BCUT2D eigenvalue weighted by Crippen LogP contribution is -2.27. The van der Waals surface area contributed by atoms with E-state index < -0.39 is 0 Å². The van der Waals surface area contributed by atoms with Crippen molar-refractivity contribution in [3.63, 3.8) is 0 Å². The number of rotatable bonds is 3. The van der Waals surface area contributed by atoms with Crippen LogP contribution in [0.4, 0.5) is 0 Å². The van der Waals surface area contributed by atoms with Crippen molar-refractivity contribution >= 4 is 5.52 Å². The Hall–Kier alpha value is -1.39. The zero-order valence-electron chi connectivity index (χ0n) is 10.8. The smallest absolute Gasteiger partial charge is 0.115 e. The van der Waals surface area contributed by atoms with Gasteiger partial charge in [-0.25, -0.2) is 4.98 Å². The van der Waals surface area contributed by atoms with Crippen LogP contribution in [0.5, 0.6) is 0 Å². The van der Waals surface area contributed by atoms with E-state index in [2.05, 4.69) is 33.5 Å². The summed E-state index contributed by atoms with van der Waals surface area (Å²) >= 11 is 0. The topological polar surface area (TPSA) is 46.6 Å². The normalized spacial score (nSPS) is 20.9. The summed E-state index contributed by atoms with van der Waals surface area (Å²) in [6, 6.07) is 6.84. The lowest BCUT2D eigenvalue weighted by Gasteiger charge is -2.19. The lowest BCUT2D eigenvalue weighted by molar-refractivity contribution is 0.305. The number of hydrogen-bond acceptors (Lipinski definition) is 3. The summed E-state index contributed by atoms with van der Waals surface area (Å²) in [7, 11) is 2.21. The molecule has 1 aliphatic rings. The molecule has 3 rings (SSSR count). The SMILES string of the molecule is CN1CCCC1Cc1ncc2cccc(CN)n12. The third kappa shape index (κ3) is 1.91. The molecule has 0 amide bonds. The van der Waals surface area contributed by atoms with E-state index in [4.69, 9.17) is 5.73 Å². The third-order valence-electron chi connectivity index (χ3n) is 4.00. The van der Waals surface area contributed by atoms with Crippen LogP contribution in [-0.4, -0.2) is 33.9 Å². The quantitative estimate of drug-likeness (QED) is 0.888. The van der Waals surface area contributed by atoms with Crippen LogP contribution in [0.15, 0.2) is 24.4 Å². The van der Waals surface area contributed by atoms with Gasteiger partial charge in [0, 0.05) is 24.7 Å². The van der Waals surface area contributed by atoms with Crippen molar-refractivity contribution in [1.29, 1.82) is 0 Å². The molecule has 4 nitrogen and oxygen atoms in total. The second-order valence-corrected chi connectivity index (χ2v) is 5.14. The van der Waals surface area contributed by atoms with Gasteiger partial charge in [0.1, 0.15) is 5.82 Å². The van der Waals surface area contributed by atoms with Gasteiger partial charge in [0.15, 0.2) is 0 Å². The highest BCUT2D eigenvalue weighted by Gasteiger charge is 2.22. The number of likely N-dealkylation sites (N-methyl/N-ethyl adjacent to an activating group) is 1. The summed E-state index contributed by atoms with van der Waals surface area (Å²) in [5.41, 5.74) is 8.11. The highest BCUT2D eigenvalue weighted by atomic mass is 15.2. The molecule has 1 saturated heterocycles. The summed E-state index contributed by atoms with van der Waals surface area (Å²) in [5, 5.41) is 0. The van der Waals surface area contributed by atoms with Crippen LogP contribution in [0.2, 0.25) is 0 Å². The van der Waals surface area contributed by atoms with E-state index in [1.165, 1.54) is 19.4 Å². The van der Waals surface area contributed by atoms with E-state index in [1.54, 1.807) is 0 Å². The summed E-state index contributed by atoms with van der Waals surface area (Å²) in [6.07, 6.45) is 5.54. The van der Waals surface area contributed by atoms with E-state index in [0.717, 1.165) is 23.5 Å². The van der Waals surface area contributed by atoms with Crippen molar-refractivity contribution in [2.75, 3.05) is 13.6 Å². The van der Waals surface area contributed by atoms with Crippen molar-refractivity contribution in [2.45, 2.75) is 31.8 Å². The summed E-state index contributed by atoms with van der Waals surface area (Å²) in [5.74, 6) is 1.14. The molecule has 4 heteroatoms. The Labute approximate surface area is 107 Å². The van der Waals surface area contributed by atoms with Gasteiger partial charge in [-0.2, -0.15) is 0 Å². The Morgan fingerprint density at radius 3 is 3.06 bits per heavy atom. The molecule has 0 bridgehead atoms. The highest BCUT2D eigenvalue weighted by Crippen LogP contribution is 2.20. The van der Waals surface area contributed by atoms with Gasteiger partial charge in [0.05, 0.1) is 11.7 Å². The second-order valence-electron chi connectivity index (χ2n) is 5.14. The van der Waals surface area contributed by atoms with E-state index >= 15 is 0 Å². The first kappa shape index (κ1) is 11.7. The molecule has 3 heterocycles. The van der Waals surface area contributed by atoms with Crippen LogP contribution in [0.1, 0.15) is 24.4 Å². The maximum atomic E-state index is 5.82. The molecule has 0 aromatic carbocycles. The molecule has 2 aromatic rings. The van der Waals surface area contributed by atoms with Gasteiger partial charge in [-0.1, -0.05) is 6.07 Å². The van der Waals surface area contributed by atoms with Crippen molar-refractivity contribution in [3.05, 3.63) is 35.9 Å². The lowest BCUT2D eigenvalue weighted by atomic mass is 10.1. The molecule has 0 saturated carbocycles. The summed E-state index contributed by atoms with van der Waals surface area (Å²) < 4.78 is 2.21. The number of aromatic nitrogens is 2. The molecule has 0 aliphatic carbocycles. The van der Waals surface area contributed by atoms with Gasteiger partial charge in [-0.05, 0) is 38.6 Å². The predicted molar refractivity (Wildman–Crippen MR) is 72.4 cm³/mol. The first-order chi connectivity index (χ1) is 8.79. The number of imidazole rings is 1. The molecule has 0 spiro atoms. The first-order valence-corrected chi connectivity index (χ1v) is 6.64. The van der Waals surface area contributed by atoms with Crippen molar-refractivity contribution in [2.24, 2.45) is 5.73 Å². The number of nitrogens with zero attached hydrogens (tertiary/aromatic N) is 3. The Morgan fingerprint density at radius 1 is 1.44 bits per heavy atom. The fourth-order valence-corrected chi connectivity index (χ4v) is 2.94. The zero-order valence-corrected chi connectivity index (χ0v) is 10.8. The van der Waals surface area contributed by atoms with Crippen molar-refractivity contribution in [1.82, 2.24) is 14.3 Å². The van der Waals surface area contributed by atoms with E-state index in [0.29, 0.717) is 12.6 Å². The highest BCUT2D eigenvalue weighted by molar-refractivity contribution is 5.47. The number of nitrogens with two attached hydrogens (primary N) is 1. The molecule has 2 N–H and O–H groups in total. The second kappa shape index (κ2) is 4.71. The zero-order chi connectivity index (χ0) is 12.5. The van der Waals surface area contributed by atoms with Gasteiger partial charge in [0.2, 0.25) is 0 Å². The fraction of sp³-hybridized carbons (Fsp3) is 0.500. The van der Waals surface area contributed by atoms with Gasteiger partial charge in [-0.3, -0.25) is 4.40 Å². The molecule has 0 radical (unpaired) electrons. The monoisotopic (exact) mass is 244 g/mol. The van der Waals surface area contributed by atoms with E-state index in [1.807, 2.05) is 12.3 Å². The van der Waals surface area contributed by atoms with Gasteiger partial charge in [-0.15, -0.1) is 0 Å². The standard InChI is InChI=1S/C14H20N4/c1-17-7-3-6-11(17)8-14-16-10-13-5-2-4-12(9-15)18(13)14/h2,4-5,10-11H,3,6-9,15H2,1H3. The van der Waals surface area contributed by atoms with Crippen molar-refractivity contribution in [3.8, 4) is 0 Å². The van der Waals surface area contributed by atoms with Crippen molar-refractivity contribution < 1.29 is 0 Å². The minimum atomic E-state index is 0.557. The Balaban J connectivity index is 1.96. The Kier molecular flexibility index (Phi) is 3.06. The number of hydrogen-bond donors (Lipinski definition) is 1. The average Bonchev–Trinajstić information content (AvgIpc) is 2.97. The maximum absolute atomic E-state index is 5.82. The summed E-state index contributed by atoms with van der Waals surface area (Å²) in [6.45, 7) is 1.76. The Morgan fingerprint density at radius 2 is 2.33 bits per heavy atom. The minimum absolute atomic E-state index is 0.557. The predicted octanol–water partition coefficient (Wildman–Crippen LogP) is 1.43. The van der Waals surface area contributed by atoms with E-state index in [-0.39, 0.29) is 0 Å². The molecule has 1 fully saturated rings. The molecule has 1 atom stereocenters. The molecule has 18 heavy (non-hydrogen) atoms. The fourth-order valence-electron chi connectivity index (χ4n) is 2.94. The molecule has 1 unspecified atom stereocenters. The van der Waals surface area contributed by atoms with Crippen LogP contribution in [0.25, 0.3) is 5.52 Å². The first-order valence-electron chi connectivity index (χ1n) is 6.64. The van der Waals surface area contributed by atoms with Crippen LogP contribution in [-0.2, 0) is 13.0 Å². The summed E-state index contributed by atoms with van der Waals surface area (Å²) in [4.78, 5) is 7.02. The third-order valence-corrected chi connectivity index (χ3v) is 4.00. The molecule has 1 aliphatic heterocycles. The van der Waals surface area contributed by atoms with Gasteiger partial charge < -0.3 is 10.6 Å². The molecular weight excluding hydrogens is 224 g/mol. The van der Waals surface area contributed by atoms with E-state index in [9.17, 15) is 0 Å². The number of likely N-dealkylation sites (tertiary alicyclic amines) is 1. The van der Waals surface area contributed by atoms with Crippen LogP contribution in [0, 0.1) is 0 Å². The van der Waals surface area contributed by atoms with Crippen LogP contribution >= 0.6 is 0 Å². The number of pyridine rings is 1. The maximum Gasteiger partial charge on any atom is 0.115 e. The molecular formula is C14H20N4. The molecule has 2 aromatic heterocycles. The Bertz CT molecular complexity index is 546. The van der Waals surface area contributed by atoms with Gasteiger partial charge >= 0.3 is 0 Å². The average molecular weight is 244 g/mol. The van der Waals surface area contributed by atoms with Crippen LogP contribution in [0.3, 0.4) is 0 Å². The minimum Gasteiger partial charge on any atom is -0.325 e. The molecule has 96 valence electrons. The number of fused-ring (bicyclic) bond motifs is 1. The van der Waals surface area contributed by atoms with Crippen LogP contribution < -0.4 is 5.73 Å². The largest absolute Gasteiger partial charge is 0.325 e.